The van der Waals surface area contributed by atoms with Crippen molar-refractivity contribution in [2.75, 3.05) is 19.6 Å². The van der Waals surface area contributed by atoms with Crippen LogP contribution in [-0.2, 0) is 13.0 Å². The lowest BCUT2D eigenvalue weighted by Crippen LogP contribution is -2.30. The maximum absolute atomic E-state index is 4.55. The molecule has 0 amide bonds. The van der Waals surface area contributed by atoms with Gasteiger partial charge >= 0.3 is 0 Å². The van der Waals surface area contributed by atoms with E-state index in [0.717, 1.165) is 26.1 Å². The lowest BCUT2D eigenvalue weighted by atomic mass is 10.1. The fourth-order valence-electron chi connectivity index (χ4n) is 2.63. The molecule has 1 saturated heterocycles. The van der Waals surface area contributed by atoms with Crippen molar-refractivity contribution in [1.29, 1.82) is 0 Å². The van der Waals surface area contributed by atoms with Crippen molar-refractivity contribution in [3.05, 3.63) is 29.6 Å². The Morgan fingerprint density at radius 1 is 1.39 bits per heavy atom. The summed E-state index contributed by atoms with van der Waals surface area (Å²) in [6.45, 7) is 8.90. The number of hydrogen-bond donors (Lipinski definition) is 1. The molecule has 2 heterocycles. The van der Waals surface area contributed by atoms with Gasteiger partial charge in [0.2, 0.25) is 0 Å². The first-order valence-corrected chi connectivity index (χ1v) is 7.22. The van der Waals surface area contributed by atoms with Crippen LogP contribution in [0.25, 0.3) is 0 Å². The fraction of sp³-hybridized carbons (Fsp3) is 0.667. The van der Waals surface area contributed by atoms with E-state index in [1.165, 1.54) is 30.6 Å². The van der Waals surface area contributed by atoms with Crippen LogP contribution in [0, 0.1) is 0 Å². The lowest BCUT2D eigenvalue weighted by molar-refractivity contribution is 0.277. The van der Waals surface area contributed by atoms with Gasteiger partial charge in [-0.2, -0.15) is 0 Å². The molecule has 1 fully saturated rings. The molecule has 0 aliphatic carbocycles. The SMILES string of the molecule is CCc1cccnc1CN1CCNC(CC)CC1. The van der Waals surface area contributed by atoms with Crippen molar-refractivity contribution < 1.29 is 0 Å². The number of rotatable bonds is 4. The summed E-state index contributed by atoms with van der Waals surface area (Å²) in [6, 6.07) is 4.94. The highest BCUT2D eigenvalue weighted by Crippen LogP contribution is 2.12. The van der Waals surface area contributed by atoms with Crippen LogP contribution in [0.3, 0.4) is 0 Å². The average Bonchev–Trinajstić information content (AvgIpc) is 2.64. The molecule has 1 aliphatic heterocycles. The van der Waals surface area contributed by atoms with Crippen molar-refractivity contribution in [3.8, 4) is 0 Å². The Labute approximate surface area is 111 Å². The molecule has 0 radical (unpaired) electrons. The molecule has 2 rings (SSSR count). The molecule has 1 unspecified atom stereocenters. The van der Waals surface area contributed by atoms with Crippen LogP contribution in [0.5, 0.6) is 0 Å². The van der Waals surface area contributed by atoms with E-state index in [1.54, 1.807) is 0 Å². The van der Waals surface area contributed by atoms with Crippen LogP contribution in [0.4, 0.5) is 0 Å². The summed E-state index contributed by atoms with van der Waals surface area (Å²) in [7, 11) is 0. The molecule has 1 N–H and O–H groups in total. The van der Waals surface area contributed by atoms with E-state index in [1.807, 2.05) is 12.3 Å². The van der Waals surface area contributed by atoms with Crippen molar-refractivity contribution in [3.63, 3.8) is 0 Å². The van der Waals surface area contributed by atoms with Gasteiger partial charge in [-0.25, -0.2) is 0 Å². The van der Waals surface area contributed by atoms with Gasteiger partial charge in [-0.15, -0.1) is 0 Å². The fourth-order valence-corrected chi connectivity index (χ4v) is 2.63. The van der Waals surface area contributed by atoms with E-state index in [-0.39, 0.29) is 0 Å². The molecule has 0 bridgehead atoms. The number of aryl methyl sites for hydroxylation is 1. The van der Waals surface area contributed by atoms with Crippen molar-refractivity contribution in [2.24, 2.45) is 0 Å². The average molecular weight is 247 g/mol. The van der Waals surface area contributed by atoms with Crippen LogP contribution in [0.2, 0.25) is 0 Å². The Morgan fingerprint density at radius 3 is 3.06 bits per heavy atom. The summed E-state index contributed by atoms with van der Waals surface area (Å²) in [5.74, 6) is 0. The minimum absolute atomic E-state index is 0.698. The smallest absolute Gasteiger partial charge is 0.0575 e. The zero-order valence-electron chi connectivity index (χ0n) is 11.7. The second-order valence-corrected chi connectivity index (χ2v) is 5.09. The summed E-state index contributed by atoms with van der Waals surface area (Å²) >= 11 is 0. The van der Waals surface area contributed by atoms with Crippen LogP contribution in [-0.4, -0.2) is 35.6 Å². The molecule has 3 heteroatoms. The van der Waals surface area contributed by atoms with Gasteiger partial charge in [-0.1, -0.05) is 19.9 Å². The number of pyridine rings is 1. The van der Waals surface area contributed by atoms with Gasteiger partial charge < -0.3 is 5.32 Å². The largest absolute Gasteiger partial charge is 0.313 e. The molecule has 100 valence electrons. The number of hydrogen-bond acceptors (Lipinski definition) is 3. The molecule has 0 aromatic carbocycles. The molecule has 1 aliphatic rings. The first-order chi connectivity index (χ1) is 8.83. The Hall–Kier alpha value is -0.930. The number of aromatic nitrogens is 1. The predicted octanol–water partition coefficient (Wildman–Crippen LogP) is 2.22. The molecule has 3 nitrogen and oxygen atoms in total. The van der Waals surface area contributed by atoms with Crippen molar-refractivity contribution >= 4 is 0 Å². The van der Waals surface area contributed by atoms with Gasteiger partial charge in [0.15, 0.2) is 0 Å². The Balaban J connectivity index is 1.96. The quantitative estimate of drug-likeness (QED) is 0.884. The molecule has 1 atom stereocenters. The molecule has 1 aromatic rings. The van der Waals surface area contributed by atoms with E-state index < -0.39 is 0 Å². The third-order valence-corrected chi connectivity index (χ3v) is 3.89. The summed E-state index contributed by atoms with van der Waals surface area (Å²) < 4.78 is 0. The minimum Gasteiger partial charge on any atom is -0.313 e. The van der Waals surface area contributed by atoms with Crippen molar-refractivity contribution in [2.45, 2.75) is 45.7 Å². The highest BCUT2D eigenvalue weighted by atomic mass is 15.2. The Morgan fingerprint density at radius 2 is 2.28 bits per heavy atom. The van der Waals surface area contributed by atoms with E-state index in [9.17, 15) is 0 Å². The van der Waals surface area contributed by atoms with Crippen LogP contribution in [0.15, 0.2) is 18.3 Å². The maximum Gasteiger partial charge on any atom is 0.0575 e. The predicted molar refractivity (Wildman–Crippen MR) is 75.6 cm³/mol. The minimum atomic E-state index is 0.698. The van der Waals surface area contributed by atoms with Crippen LogP contribution in [0.1, 0.15) is 37.9 Å². The molecule has 0 spiro atoms. The van der Waals surface area contributed by atoms with Gasteiger partial charge in [0, 0.05) is 38.4 Å². The van der Waals surface area contributed by atoms with E-state index in [4.69, 9.17) is 0 Å². The van der Waals surface area contributed by atoms with Crippen molar-refractivity contribution in [1.82, 2.24) is 15.2 Å². The number of nitrogens with one attached hydrogen (secondary N) is 1. The number of nitrogens with zero attached hydrogens (tertiary/aromatic N) is 2. The standard InChI is InChI=1S/C15H25N3/c1-3-13-6-5-8-17-15(13)12-18-10-7-14(4-2)16-9-11-18/h5-6,8,14,16H,3-4,7,9-12H2,1-2H3. The van der Waals surface area contributed by atoms with E-state index >= 15 is 0 Å². The first kappa shape index (κ1) is 13.5. The Bertz CT molecular complexity index is 365. The molecule has 1 aromatic heterocycles. The molecular formula is C15H25N3. The van der Waals surface area contributed by atoms with Gasteiger partial charge in [-0.05, 0) is 30.9 Å². The second-order valence-electron chi connectivity index (χ2n) is 5.09. The second kappa shape index (κ2) is 6.86. The molecule has 0 saturated carbocycles. The highest BCUT2D eigenvalue weighted by Gasteiger charge is 2.16. The Kier molecular flexibility index (Phi) is 5.14. The third kappa shape index (κ3) is 3.53. The highest BCUT2D eigenvalue weighted by molar-refractivity contribution is 5.19. The topological polar surface area (TPSA) is 28.2 Å². The molecular weight excluding hydrogens is 222 g/mol. The summed E-state index contributed by atoms with van der Waals surface area (Å²) in [6.07, 6.45) is 5.48. The maximum atomic E-state index is 4.55. The van der Waals surface area contributed by atoms with Gasteiger partial charge in [0.1, 0.15) is 0 Å². The summed E-state index contributed by atoms with van der Waals surface area (Å²) in [4.78, 5) is 7.08. The molecule has 18 heavy (non-hydrogen) atoms. The van der Waals surface area contributed by atoms with Crippen LogP contribution < -0.4 is 5.32 Å². The van der Waals surface area contributed by atoms with E-state index in [2.05, 4.69) is 35.1 Å². The monoisotopic (exact) mass is 247 g/mol. The van der Waals surface area contributed by atoms with Gasteiger partial charge in [0.05, 0.1) is 5.69 Å². The normalized spacial score (nSPS) is 21.8. The van der Waals surface area contributed by atoms with Gasteiger partial charge in [-0.3, -0.25) is 9.88 Å². The summed E-state index contributed by atoms with van der Waals surface area (Å²) in [5.41, 5.74) is 2.65. The zero-order chi connectivity index (χ0) is 12.8. The third-order valence-electron chi connectivity index (χ3n) is 3.89. The van der Waals surface area contributed by atoms with E-state index in [0.29, 0.717) is 6.04 Å². The lowest BCUT2D eigenvalue weighted by Gasteiger charge is -2.20. The zero-order valence-corrected chi connectivity index (χ0v) is 11.7. The van der Waals surface area contributed by atoms with Gasteiger partial charge in [0.25, 0.3) is 0 Å². The van der Waals surface area contributed by atoms with Crippen LogP contribution >= 0.6 is 0 Å². The first-order valence-electron chi connectivity index (χ1n) is 7.22. The summed E-state index contributed by atoms with van der Waals surface area (Å²) in [5, 5.41) is 3.61.